The maximum Gasteiger partial charge on any atom is 0.305 e. The molecule has 3 aromatic rings. The van der Waals surface area contributed by atoms with Gasteiger partial charge in [-0.25, -0.2) is 9.97 Å². The summed E-state index contributed by atoms with van der Waals surface area (Å²) in [5.74, 6) is -0.267. The van der Waals surface area contributed by atoms with Crippen LogP contribution in [0.3, 0.4) is 0 Å². The third-order valence-electron chi connectivity index (χ3n) is 6.34. The molecule has 0 saturated carbocycles. The monoisotopic (exact) mass is 491 g/mol. The molecule has 3 heterocycles. The van der Waals surface area contributed by atoms with Gasteiger partial charge in [0, 0.05) is 41.5 Å². The molecule has 0 spiro atoms. The van der Waals surface area contributed by atoms with Crippen LogP contribution in [0.15, 0.2) is 42.6 Å². The van der Waals surface area contributed by atoms with Gasteiger partial charge < -0.3 is 9.47 Å². The van der Waals surface area contributed by atoms with Crippen molar-refractivity contribution in [1.29, 1.82) is 0 Å². The number of hydrogen-bond donors (Lipinski definition) is 0. The minimum absolute atomic E-state index is 0.117. The number of rotatable bonds is 10. The van der Waals surface area contributed by atoms with Crippen LogP contribution in [0.4, 0.5) is 0 Å². The minimum atomic E-state index is -0.150. The van der Waals surface area contributed by atoms with Gasteiger partial charge in [0.2, 0.25) is 0 Å². The summed E-state index contributed by atoms with van der Waals surface area (Å²) < 4.78 is 9.22. The normalized spacial score (nSPS) is 12.3. The lowest BCUT2D eigenvalue weighted by Crippen LogP contribution is -2.07. The maximum atomic E-state index is 11.0. The first-order chi connectivity index (χ1) is 17.6. The Bertz CT molecular complexity index is 1130. The van der Waals surface area contributed by atoms with Gasteiger partial charge in [0.05, 0.1) is 14.2 Å². The van der Waals surface area contributed by atoms with E-state index in [1.54, 1.807) is 6.20 Å². The van der Waals surface area contributed by atoms with Gasteiger partial charge in [0.25, 0.3) is 0 Å². The molecule has 3 aromatic heterocycles. The van der Waals surface area contributed by atoms with E-state index in [4.69, 9.17) is 4.98 Å². The van der Waals surface area contributed by atoms with Crippen molar-refractivity contribution < 1.29 is 19.1 Å². The smallest absolute Gasteiger partial charge is 0.305 e. The van der Waals surface area contributed by atoms with Crippen LogP contribution >= 0.6 is 0 Å². The number of fused-ring (bicyclic) bond motifs is 2. The Labute approximate surface area is 213 Å². The summed E-state index contributed by atoms with van der Waals surface area (Å²) in [7, 11) is 2.85. The predicted octanol–water partition coefficient (Wildman–Crippen LogP) is 5.36. The average Bonchev–Trinajstić information content (AvgIpc) is 2.93. The van der Waals surface area contributed by atoms with E-state index in [1.165, 1.54) is 50.4 Å². The molecule has 4 rings (SSSR count). The Kier molecular flexibility index (Phi) is 11.3. The largest absolute Gasteiger partial charge is 0.469 e. The van der Waals surface area contributed by atoms with Crippen molar-refractivity contribution >= 4 is 23.0 Å². The molecule has 0 atom stereocenters. The quantitative estimate of drug-likeness (QED) is 0.278. The Balaban J connectivity index is 0.000000201. The molecule has 0 bridgehead atoms. The fourth-order valence-electron chi connectivity index (χ4n) is 4.25. The number of pyridine rings is 3. The van der Waals surface area contributed by atoms with Crippen LogP contribution in [0.25, 0.3) is 11.0 Å². The third-order valence-corrected chi connectivity index (χ3v) is 6.34. The van der Waals surface area contributed by atoms with Crippen molar-refractivity contribution in [2.75, 3.05) is 14.2 Å². The van der Waals surface area contributed by atoms with Gasteiger partial charge in [0.1, 0.15) is 0 Å². The van der Waals surface area contributed by atoms with Crippen molar-refractivity contribution in [3.63, 3.8) is 0 Å². The molecule has 0 aliphatic heterocycles. The van der Waals surface area contributed by atoms with Gasteiger partial charge in [-0.15, -0.1) is 0 Å². The van der Waals surface area contributed by atoms with E-state index < -0.39 is 0 Å². The predicted molar refractivity (Wildman–Crippen MR) is 140 cm³/mol. The highest BCUT2D eigenvalue weighted by atomic mass is 16.5. The number of ether oxygens (including phenoxy) is 2. The second kappa shape index (κ2) is 14.9. The van der Waals surface area contributed by atoms with Gasteiger partial charge >= 0.3 is 11.9 Å². The fraction of sp³-hybridized carbons (Fsp3) is 0.483. The van der Waals surface area contributed by atoms with Crippen LogP contribution in [-0.2, 0) is 44.7 Å². The highest BCUT2D eigenvalue weighted by Gasteiger charge is 2.11. The zero-order chi connectivity index (χ0) is 25.6. The number of carbonyl (C=O) groups is 2. The number of carbonyl (C=O) groups excluding carboxylic acids is 2. The molecule has 0 radical (unpaired) electrons. The van der Waals surface area contributed by atoms with Crippen LogP contribution < -0.4 is 0 Å². The molecule has 0 aromatic carbocycles. The van der Waals surface area contributed by atoms with Crippen molar-refractivity contribution in [3.05, 3.63) is 65.2 Å². The highest BCUT2D eigenvalue weighted by molar-refractivity contribution is 5.74. The van der Waals surface area contributed by atoms with Gasteiger partial charge in [-0.1, -0.05) is 6.07 Å². The minimum Gasteiger partial charge on any atom is -0.469 e. The lowest BCUT2D eigenvalue weighted by molar-refractivity contribution is -0.141. The zero-order valence-corrected chi connectivity index (χ0v) is 21.5. The van der Waals surface area contributed by atoms with E-state index >= 15 is 0 Å². The van der Waals surface area contributed by atoms with Gasteiger partial charge in [0.15, 0.2) is 5.65 Å². The number of aromatic nitrogens is 3. The van der Waals surface area contributed by atoms with E-state index in [0.717, 1.165) is 61.7 Å². The second-order valence-corrected chi connectivity index (χ2v) is 9.03. The molecule has 7 nitrogen and oxygen atoms in total. The van der Waals surface area contributed by atoms with Gasteiger partial charge in [-0.3, -0.25) is 14.6 Å². The topological polar surface area (TPSA) is 91.3 Å². The molecule has 0 N–H and O–H groups in total. The standard InChI is InChI=1S/C15H21NO2.C14H16N2O2/c1-18-15(17)9-5-3-7-13-11-10-12-6-2-4-8-14(12)16-13;1-18-13(17)7-3-2-6-12-9-8-11-5-4-10-15-14(11)16-12/h10-11H,2-9H2,1H3;4-5,8-10H,2-3,6-7H2,1H3. The molecule has 0 unspecified atom stereocenters. The molecule has 192 valence electrons. The van der Waals surface area contributed by atoms with Crippen molar-refractivity contribution in [2.24, 2.45) is 0 Å². The zero-order valence-electron chi connectivity index (χ0n) is 21.5. The van der Waals surface area contributed by atoms with E-state index in [1.807, 2.05) is 24.3 Å². The SMILES string of the molecule is COC(=O)CCCCc1ccc2c(n1)CCCC2.COC(=O)CCCCc1ccc2cccnc2n1. The van der Waals surface area contributed by atoms with Crippen LogP contribution in [0.5, 0.6) is 0 Å². The van der Waals surface area contributed by atoms with E-state index in [-0.39, 0.29) is 11.9 Å². The molecule has 1 aliphatic carbocycles. The Morgan fingerprint density at radius 3 is 2.11 bits per heavy atom. The summed E-state index contributed by atoms with van der Waals surface area (Å²) in [4.78, 5) is 35.4. The number of aryl methyl sites for hydroxylation is 4. The Morgan fingerprint density at radius 1 is 0.778 bits per heavy atom. The van der Waals surface area contributed by atoms with Crippen LogP contribution in [0.2, 0.25) is 0 Å². The van der Waals surface area contributed by atoms with Gasteiger partial charge in [-0.2, -0.15) is 0 Å². The van der Waals surface area contributed by atoms with Gasteiger partial charge in [-0.05, 0) is 100 Å². The van der Waals surface area contributed by atoms with E-state index in [9.17, 15) is 9.59 Å². The second-order valence-electron chi connectivity index (χ2n) is 9.03. The summed E-state index contributed by atoms with van der Waals surface area (Å²) in [6, 6.07) is 12.3. The first-order valence-electron chi connectivity index (χ1n) is 12.9. The summed E-state index contributed by atoms with van der Waals surface area (Å²) in [6.45, 7) is 0. The molecule has 0 saturated heterocycles. The number of esters is 2. The molecule has 1 aliphatic rings. The molecule has 0 fully saturated rings. The van der Waals surface area contributed by atoms with Crippen molar-refractivity contribution in [2.45, 2.75) is 77.0 Å². The van der Waals surface area contributed by atoms with Crippen molar-refractivity contribution in [1.82, 2.24) is 15.0 Å². The summed E-state index contributed by atoms with van der Waals surface area (Å²) in [5.41, 5.74) is 5.70. The van der Waals surface area contributed by atoms with Crippen LogP contribution in [-0.4, -0.2) is 41.1 Å². The lowest BCUT2D eigenvalue weighted by Gasteiger charge is -2.15. The number of unbranched alkanes of at least 4 members (excludes halogenated alkanes) is 2. The summed E-state index contributed by atoms with van der Waals surface area (Å²) in [5, 5.41) is 1.05. The molecule has 0 amide bonds. The van der Waals surface area contributed by atoms with Crippen LogP contribution in [0.1, 0.15) is 74.0 Å². The van der Waals surface area contributed by atoms with Crippen LogP contribution in [0, 0.1) is 0 Å². The van der Waals surface area contributed by atoms with Crippen molar-refractivity contribution in [3.8, 4) is 0 Å². The average molecular weight is 492 g/mol. The Morgan fingerprint density at radius 2 is 1.42 bits per heavy atom. The van der Waals surface area contributed by atoms with E-state index in [2.05, 4.69) is 31.6 Å². The Hall–Kier alpha value is -3.35. The molecule has 7 heteroatoms. The number of methoxy groups -OCH3 is 2. The maximum absolute atomic E-state index is 11.0. The first-order valence-corrected chi connectivity index (χ1v) is 12.9. The first kappa shape index (κ1) is 27.2. The molecule has 36 heavy (non-hydrogen) atoms. The molecular formula is C29H37N3O4. The summed E-state index contributed by atoms with van der Waals surface area (Å²) >= 11 is 0. The highest BCUT2D eigenvalue weighted by Crippen LogP contribution is 2.20. The fourth-order valence-corrected chi connectivity index (χ4v) is 4.25. The van der Waals surface area contributed by atoms with E-state index in [0.29, 0.717) is 12.8 Å². The number of nitrogens with zero attached hydrogens (tertiary/aromatic N) is 3. The molecular weight excluding hydrogens is 454 g/mol. The lowest BCUT2D eigenvalue weighted by atomic mass is 9.95. The third kappa shape index (κ3) is 9.02. The summed E-state index contributed by atoms with van der Waals surface area (Å²) in [6.07, 6.45) is 13.1. The number of hydrogen-bond acceptors (Lipinski definition) is 7.